The van der Waals surface area contributed by atoms with Gasteiger partial charge in [-0.05, 0) is 25.5 Å². The first-order chi connectivity index (χ1) is 6.88. The van der Waals surface area contributed by atoms with Crippen LogP contribution in [0.3, 0.4) is 0 Å². The summed E-state index contributed by atoms with van der Waals surface area (Å²) in [5.41, 5.74) is 0.215. The summed E-state index contributed by atoms with van der Waals surface area (Å²) in [6.07, 6.45) is 5.36. The lowest BCUT2D eigenvalue weighted by atomic mass is 9.86. The number of nitro benzene ring substituents is 1. The number of nitro groups is 1. The molecule has 0 saturated carbocycles. The fraction of sp³-hybridized carbons (Fsp3) is 0.273. The number of halogens is 1. The third-order valence-electron chi connectivity index (χ3n) is 2.23. The van der Waals surface area contributed by atoms with E-state index in [-0.39, 0.29) is 10.7 Å². The van der Waals surface area contributed by atoms with Crippen molar-refractivity contribution in [2.75, 3.05) is 0 Å². The van der Waals surface area contributed by atoms with E-state index in [4.69, 9.17) is 18.0 Å². The van der Waals surface area contributed by atoms with Crippen molar-refractivity contribution in [1.82, 2.24) is 0 Å². The number of terminal acetylenes is 1. The van der Waals surface area contributed by atoms with Crippen molar-refractivity contribution in [2.24, 2.45) is 0 Å². The van der Waals surface area contributed by atoms with E-state index in [0.717, 1.165) is 5.56 Å². The summed E-state index contributed by atoms with van der Waals surface area (Å²) in [5, 5.41) is 10.6. The topological polar surface area (TPSA) is 43.1 Å². The Morgan fingerprint density at radius 3 is 2.53 bits per heavy atom. The van der Waals surface area contributed by atoms with E-state index >= 15 is 0 Å². The van der Waals surface area contributed by atoms with Gasteiger partial charge < -0.3 is 0 Å². The van der Waals surface area contributed by atoms with Gasteiger partial charge in [-0.25, -0.2) is 0 Å². The minimum Gasteiger partial charge on any atom is -0.258 e. The van der Waals surface area contributed by atoms with Crippen LogP contribution in [-0.2, 0) is 5.41 Å². The summed E-state index contributed by atoms with van der Waals surface area (Å²) in [6.45, 7) is 3.70. The highest BCUT2D eigenvalue weighted by Gasteiger charge is 2.20. The molecule has 0 aliphatic heterocycles. The smallest absolute Gasteiger partial charge is 0.258 e. The molecule has 1 rings (SSSR count). The Morgan fingerprint density at radius 1 is 1.53 bits per heavy atom. The zero-order chi connectivity index (χ0) is 11.6. The lowest BCUT2D eigenvalue weighted by Crippen LogP contribution is -2.13. The Balaban J connectivity index is 3.25. The van der Waals surface area contributed by atoms with Crippen LogP contribution in [0.15, 0.2) is 18.2 Å². The third kappa shape index (κ3) is 2.28. The van der Waals surface area contributed by atoms with E-state index in [1.54, 1.807) is 12.1 Å². The molecule has 0 amide bonds. The largest absolute Gasteiger partial charge is 0.287 e. The minimum absolute atomic E-state index is 0.103. The van der Waals surface area contributed by atoms with Crippen LogP contribution in [0, 0.1) is 22.5 Å². The second-order valence-corrected chi connectivity index (χ2v) is 4.10. The lowest BCUT2D eigenvalue weighted by molar-refractivity contribution is -0.384. The van der Waals surface area contributed by atoms with Gasteiger partial charge in [-0.3, -0.25) is 10.1 Å². The summed E-state index contributed by atoms with van der Waals surface area (Å²) in [4.78, 5) is 10.0. The molecular formula is C11H10ClNO2. The second kappa shape index (κ2) is 3.92. The van der Waals surface area contributed by atoms with Crippen molar-refractivity contribution < 1.29 is 4.92 Å². The van der Waals surface area contributed by atoms with E-state index in [2.05, 4.69) is 5.92 Å². The molecule has 4 heteroatoms. The maximum atomic E-state index is 10.5. The summed E-state index contributed by atoms with van der Waals surface area (Å²) < 4.78 is 0. The van der Waals surface area contributed by atoms with Crippen LogP contribution in [0.2, 0.25) is 5.02 Å². The summed E-state index contributed by atoms with van der Waals surface area (Å²) in [6, 6.07) is 4.54. The Morgan fingerprint density at radius 2 is 2.13 bits per heavy atom. The van der Waals surface area contributed by atoms with E-state index < -0.39 is 10.3 Å². The minimum atomic E-state index is -0.519. The second-order valence-electron chi connectivity index (χ2n) is 3.69. The number of nitrogens with zero attached hydrogens (tertiary/aromatic N) is 1. The zero-order valence-corrected chi connectivity index (χ0v) is 9.21. The van der Waals surface area contributed by atoms with Crippen LogP contribution >= 0.6 is 11.6 Å². The van der Waals surface area contributed by atoms with Gasteiger partial charge in [0.05, 0.1) is 10.3 Å². The summed E-state index contributed by atoms with van der Waals surface area (Å²) in [5.74, 6) is 2.61. The Hall–Kier alpha value is -1.53. The van der Waals surface area contributed by atoms with Gasteiger partial charge in [-0.15, -0.1) is 6.42 Å². The molecule has 78 valence electrons. The molecule has 0 N–H and O–H groups in total. The van der Waals surface area contributed by atoms with Crippen molar-refractivity contribution in [3.05, 3.63) is 38.9 Å². The molecule has 0 aliphatic carbocycles. The van der Waals surface area contributed by atoms with Gasteiger partial charge in [-0.2, -0.15) is 0 Å². The predicted octanol–water partition coefficient (Wildman–Crippen LogP) is 3.16. The summed E-state index contributed by atoms with van der Waals surface area (Å²) >= 11 is 5.78. The normalized spacial score (nSPS) is 10.8. The molecule has 0 heterocycles. The lowest BCUT2D eigenvalue weighted by Gasteiger charge is -2.17. The monoisotopic (exact) mass is 223 g/mol. The third-order valence-corrected chi connectivity index (χ3v) is 2.53. The molecule has 0 bridgehead atoms. The molecule has 0 aromatic heterocycles. The van der Waals surface area contributed by atoms with Gasteiger partial charge in [0, 0.05) is 6.07 Å². The molecule has 0 aliphatic rings. The fourth-order valence-electron chi connectivity index (χ4n) is 1.13. The van der Waals surface area contributed by atoms with Crippen molar-refractivity contribution in [2.45, 2.75) is 19.3 Å². The van der Waals surface area contributed by atoms with Crippen LogP contribution < -0.4 is 0 Å². The molecule has 15 heavy (non-hydrogen) atoms. The van der Waals surface area contributed by atoms with Gasteiger partial charge in [0.2, 0.25) is 0 Å². The Kier molecular flexibility index (Phi) is 3.01. The van der Waals surface area contributed by atoms with E-state index in [1.807, 2.05) is 13.8 Å². The van der Waals surface area contributed by atoms with Crippen LogP contribution in [0.25, 0.3) is 0 Å². The number of benzene rings is 1. The van der Waals surface area contributed by atoms with Crippen LogP contribution in [-0.4, -0.2) is 4.92 Å². The molecule has 0 fully saturated rings. The molecule has 0 unspecified atom stereocenters. The van der Waals surface area contributed by atoms with Crippen molar-refractivity contribution in [1.29, 1.82) is 0 Å². The summed E-state index contributed by atoms with van der Waals surface area (Å²) in [7, 11) is 0. The molecule has 1 aromatic carbocycles. The average Bonchev–Trinajstić information content (AvgIpc) is 2.17. The molecule has 0 saturated heterocycles. The number of hydrogen-bond acceptors (Lipinski definition) is 2. The molecular weight excluding hydrogens is 214 g/mol. The average molecular weight is 224 g/mol. The maximum absolute atomic E-state index is 10.5. The van der Waals surface area contributed by atoms with Crippen molar-refractivity contribution >= 4 is 17.3 Å². The first-order valence-corrected chi connectivity index (χ1v) is 4.68. The molecule has 1 aromatic rings. The standard InChI is InChI=1S/C11H10ClNO2/c1-4-11(2,3)8-5-6-10(13(14)15)9(12)7-8/h1,5-7H,2-3H3. The number of rotatable bonds is 2. The van der Waals surface area contributed by atoms with Crippen LogP contribution in [0.1, 0.15) is 19.4 Å². The van der Waals surface area contributed by atoms with Crippen molar-refractivity contribution in [3.8, 4) is 12.3 Å². The highest BCUT2D eigenvalue weighted by molar-refractivity contribution is 6.32. The SMILES string of the molecule is C#CC(C)(C)c1ccc([N+](=O)[O-])c(Cl)c1. The highest BCUT2D eigenvalue weighted by Crippen LogP contribution is 2.30. The fourth-order valence-corrected chi connectivity index (χ4v) is 1.38. The first-order valence-electron chi connectivity index (χ1n) is 4.30. The molecule has 3 nitrogen and oxygen atoms in total. The Labute approximate surface area is 93.2 Å². The van der Waals surface area contributed by atoms with Crippen LogP contribution in [0.5, 0.6) is 0 Å². The quantitative estimate of drug-likeness (QED) is 0.439. The Bertz CT molecular complexity index is 446. The van der Waals surface area contributed by atoms with Gasteiger partial charge in [-0.1, -0.05) is 23.6 Å². The van der Waals surface area contributed by atoms with E-state index in [1.165, 1.54) is 6.07 Å². The molecule has 0 atom stereocenters. The highest BCUT2D eigenvalue weighted by atomic mass is 35.5. The maximum Gasteiger partial charge on any atom is 0.287 e. The van der Waals surface area contributed by atoms with Crippen molar-refractivity contribution in [3.63, 3.8) is 0 Å². The van der Waals surface area contributed by atoms with E-state index in [9.17, 15) is 10.1 Å². The molecule has 0 spiro atoms. The van der Waals surface area contributed by atoms with Gasteiger partial charge in [0.15, 0.2) is 0 Å². The molecule has 0 radical (unpaired) electrons. The van der Waals surface area contributed by atoms with Gasteiger partial charge >= 0.3 is 0 Å². The number of hydrogen-bond donors (Lipinski definition) is 0. The van der Waals surface area contributed by atoms with Gasteiger partial charge in [0.25, 0.3) is 5.69 Å². The predicted molar refractivity (Wildman–Crippen MR) is 60.0 cm³/mol. The van der Waals surface area contributed by atoms with E-state index in [0.29, 0.717) is 0 Å². The van der Waals surface area contributed by atoms with Gasteiger partial charge in [0.1, 0.15) is 5.02 Å². The first kappa shape index (κ1) is 11.5. The zero-order valence-electron chi connectivity index (χ0n) is 8.45. The van der Waals surface area contributed by atoms with Crippen LogP contribution in [0.4, 0.5) is 5.69 Å².